The fourth-order valence-corrected chi connectivity index (χ4v) is 3.60. The smallest absolute Gasteiger partial charge is 0.190 e. The van der Waals surface area contributed by atoms with Crippen molar-refractivity contribution in [1.82, 2.24) is 9.97 Å². The topological polar surface area (TPSA) is 75.6 Å². The Hall–Kier alpha value is -2.84. The van der Waals surface area contributed by atoms with Crippen LogP contribution in [0.4, 0.5) is 5.82 Å². The molecule has 5 heteroatoms. The Balaban J connectivity index is 1.85. The minimum absolute atomic E-state index is 0.247. The third-order valence-corrected chi connectivity index (χ3v) is 4.93. The van der Waals surface area contributed by atoms with Gasteiger partial charge in [0.2, 0.25) is 0 Å². The number of aryl methyl sites for hydroxylation is 2. The molecule has 130 valence electrons. The zero-order valence-electron chi connectivity index (χ0n) is 14.9. The normalized spacial score (nSPS) is 10.5. The van der Waals surface area contributed by atoms with E-state index in [1.165, 1.54) is 28.5 Å². The molecule has 0 spiro atoms. The number of nitriles is 1. The molecule has 1 heterocycles. The summed E-state index contributed by atoms with van der Waals surface area (Å²) in [6.45, 7) is 4.12. The average Bonchev–Trinajstić information content (AvgIpc) is 2.60. The lowest BCUT2D eigenvalue weighted by Crippen LogP contribution is -2.06. The van der Waals surface area contributed by atoms with Crippen LogP contribution in [0, 0.1) is 25.2 Å². The Kier molecular flexibility index (Phi) is 5.55. The molecule has 0 aliphatic heterocycles. The number of nitrogens with zero attached hydrogens (tertiary/aromatic N) is 3. The first-order valence-corrected chi connectivity index (χ1v) is 9.34. The summed E-state index contributed by atoms with van der Waals surface area (Å²) in [7, 11) is 0. The number of aromatic nitrogens is 2. The number of hydrogen-bond donors (Lipinski definition) is 1. The first-order valence-electron chi connectivity index (χ1n) is 8.35. The lowest BCUT2D eigenvalue weighted by Gasteiger charge is -2.09. The van der Waals surface area contributed by atoms with Gasteiger partial charge in [-0.3, -0.25) is 0 Å². The van der Waals surface area contributed by atoms with E-state index in [-0.39, 0.29) is 5.82 Å². The van der Waals surface area contributed by atoms with Crippen molar-refractivity contribution in [2.24, 2.45) is 0 Å². The number of hydrogen-bond acceptors (Lipinski definition) is 5. The molecule has 0 fully saturated rings. The highest BCUT2D eigenvalue weighted by Gasteiger charge is 2.13. The first kappa shape index (κ1) is 18.0. The summed E-state index contributed by atoms with van der Waals surface area (Å²) in [4.78, 5) is 8.92. The van der Waals surface area contributed by atoms with Crippen molar-refractivity contribution < 1.29 is 0 Å². The largest absolute Gasteiger partial charge is 0.382 e. The molecule has 0 unspecified atom stereocenters. The van der Waals surface area contributed by atoms with Crippen LogP contribution in [0.5, 0.6) is 0 Å². The van der Waals surface area contributed by atoms with Crippen LogP contribution in [0.1, 0.15) is 33.5 Å². The predicted molar refractivity (Wildman–Crippen MR) is 106 cm³/mol. The summed E-state index contributed by atoms with van der Waals surface area (Å²) in [5.41, 5.74) is 11.8. The maximum atomic E-state index is 9.44. The minimum Gasteiger partial charge on any atom is -0.382 e. The number of rotatable bonds is 5. The molecule has 0 aliphatic rings. The summed E-state index contributed by atoms with van der Waals surface area (Å²) in [6, 6.07) is 18.7. The Morgan fingerprint density at radius 3 is 2.31 bits per heavy atom. The zero-order valence-corrected chi connectivity index (χ0v) is 15.7. The number of anilines is 1. The molecule has 0 aliphatic carbocycles. The molecule has 0 atom stereocenters. The molecule has 3 aromatic rings. The fourth-order valence-electron chi connectivity index (χ4n) is 2.78. The minimum atomic E-state index is 0.247. The molecule has 0 saturated heterocycles. The van der Waals surface area contributed by atoms with Crippen LogP contribution < -0.4 is 5.73 Å². The lowest BCUT2D eigenvalue weighted by atomic mass is 10.0. The number of thioether (sulfide) groups is 1. The van der Waals surface area contributed by atoms with Gasteiger partial charge in [0.1, 0.15) is 17.5 Å². The molecule has 1 aromatic heterocycles. The van der Waals surface area contributed by atoms with Gasteiger partial charge in [0.25, 0.3) is 0 Å². The van der Waals surface area contributed by atoms with Gasteiger partial charge in [-0.1, -0.05) is 71.4 Å². The Labute approximate surface area is 158 Å². The van der Waals surface area contributed by atoms with E-state index in [9.17, 15) is 5.26 Å². The molecule has 0 radical (unpaired) electrons. The third kappa shape index (κ3) is 4.41. The Morgan fingerprint density at radius 1 is 1.00 bits per heavy atom. The molecular formula is C21H20N4S. The van der Waals surface area contributed by atoms with Gasteiger partial charge in [0.05, 0.1) is 5.69 Å². The predicted octanol–water partition coefficient (Wildman–Crippen LogP) is 4.43. The van der Waals surface area contributed by atoms with Crippen molar-refractivity contribution in [3.63, 3.8) is 0 Å². The van der Waals surface area contributed by atoms with E-state index in [0.29, 0.717) is 22.8 Å². The molecule has 0 amide bonds. The fraction of sp³-hybridized carbons (Fsp3) is 0.190. The van der Waals surface area contributed by atoms with Crippen molar-refractivity contribution in [1.29, 1.82) is 5.26 Å². The second-order valence-electron chi connectivity index (χ2n) is 6.27. The molecule has 3 rings (SSSR count). The number of benzene rings is 2. The van der Waals surface area contributed by atoms with E-state index in [4.69, 9.17) is 5.73 Å². The van der Waals surface area contributed by atoms with E-state index in [0.717, 1.165) is 11.3 Å². The van der Waals surface area contributed by atoms with Crippen LogP contribution in [0.15, 0.2) is 53.7 Å². The van der Waals surface area contributed by atoms with Gasteiger partial charge in [-0.15, -0.1) is 0 Å². The average molecular weight is 360 g/mol. The molecule has 2 N–H and O–H groups in total. The Bertz CT molecular complexity index is 976. The van der Waals surface area contributed by atoms with Crippen LogP contribution >= 0.6 is 11.8 Å². The van der Waals surface area contributed by atoms with Gasteiger partial charge >= 0.3 is 0 Å². The van der Waals surface area contributed by atoms with Crippen LogP contribution in [0.3, 0.4) is 0 Å². The van der Waals surface area contributed by atoms with Crippen LogP contribution in [0.25, 0.3) is 0 Å². The quantitative estimate of drug-likeness (QED) is 0.538. The summed E-state index contributed by atoms with van der Waals surface area (Å²) in [5, 5.41) is 10.0. The lowest BCUT2D eigenvalue weighted by molar-refractivity contribution is 0.901. The number of nitrogens with two attached hydrogens (primary N) is 1. The summed E-state index contributed by atoms with van der Waals surface area (Å²) in [6.07, 6.45) is 0.565. The van der Waals surface area contributed by atoms with Gasteiger partial charge in [-0.2, -0.15) is 5.26 Å². The van der Waals surface area contributed by atoms with Gasteiger partial charge in [0.15, 0.2) is 5.16 Å². The Morgan fingerprint density at radius 2 is 1.65 bits per heavy atom. The summed E-state index contributed by atoms with van der Waals surface area (Å²) < 4.78 is 0. The van der Waals surface area contributed by atoms with E-state index < -0.39 is 0 Å². The third-order valence-electron chi connectivity index (χ3n) is 4.01. The molecular weight excluding hydrogens is 340 g/mol. The van der Waals surface area contributed by atoms with Crippen molar-refractivity contribution in [3.05, 3.63) is 82.0 Å². The SMILES string of the molecule is Cc1cccc(CSc2nc(N)c(C#N)c(Cc3cccc(C)c3)n2)c1. The van der Waals surface area contributed by atoms with Gasteiger partial charge in [-0.05, 0) is 25.0 Å². The summed E-state index contributed by atoms with van der Waals surface area (Å²) >= 11 is 1.53. The van der Waals surface area contributed by atoms with E-state index in [1.807, 2.05) is 31.2 Å². The monoisotopic (exact) mass is 360 g/mol. The van der Waals surface area contributed by atoms with E-state index in [2.05, 4.69) is 47.2 Å². The standard InChI is InChI=1S/C21H20N4S/c1-14-5-3-7-16(9-14)11-19-18(12-22)20(23)25-21(24-19)26-13-17-8-4-6-15(2)10-17/h3-10H,11,13H2,1-2H3,(H2,23,24,25). The maximum absolute atomic E-state index is 9.44. The van der Waals surface area contributed by atoms with Gasteiger partial charge in [0, 0.05) is 12.2 Å². The van der Waals surface area contributed by atoms with Crippen molar-refractivity contribution >= 4 is 17.6 Å². The summed E-state index contributed by atoms with van der Waals surface area (Å²) in [5.74, 6) is 1.01. The molecule has 2 aromatic carbocycles. The van der Waals surface area contributed by atoms with Crippen molar-refractivity contribution in [3.8, 4) is 6.07 Å². The second kappa shape index (κ2) is 8.03. The maximum Gasteiger partial charge on any atom is 0.190 e. The van der Waals surface area contributed by atoms with E-state index in [1.54, 1.807) is 0 Å². The molecule has 0 bridgehead atoms. The second-order valence-corrected chi connectivity index (χ2v) is 7.21. The van der Waals surface area contributed by atoms with Crippen LogP contribution in [-0.4, -0.2) is 9.97 Å². The zero-order chi connectivity index (χ0) is 18.5. The molecule has 4 nitrogen and oxygen atoms in total. The van der Waals surface area contributed by atoms with E-state index >= 15 is 0 Å². The molecule has 26 heavy (non-hydrogen) atoms. The van der Waals surface area contributed by atoms with Crippen molar-refractivity contribution in [2.75, 3.05) is 5.73 Å². The highest BCUT2D eigenvalue weighted by atomic mass is 32.2. The van der Waals surface area contributed by atoms with Gasteiger partial charge < -0.3 is 5.73 Å². The molecule has 0 saturated carbocycles. The highest BCUT2D eigenvalue weighted by molar-refractivity contribution is 7.98. The van der Waals surface area contributed by atoms with Crippen molar-refractivity contribution in [2.45, 2.75) is 31.2 Å². The van der Waals surface area contributed by atoms with Gasteiger partial charge in [-0.25, -0.2) is 9.97 Å². The first-order chi connectivity index (χ1) is 12.5. The van der Waals surface area contributed by atoms with Crippen LogP contribution in [0.2, 0.25) is 0 Å². The highest BCUT2D eigenvalue weighted by Crippen LogP contribution is 2.24. The number of nitrogen functional groups attached to an aromatic ring is 1. The van der Waals surface area contributed by atoms with Crippen LogP contribution in [-0.2, 0) is 12.2 Å².